The molecule has 0 aromatic carbocycles. The summed E-state index contributed by atoms with van der Waals surface area (Å²) in [7, 11) is 0. The van der Waals surface area contributed by atoms with Crippen LogP contribution in [0.3, 0.4) is 0 Å². The molecule has 5 nitrogen and oxygen atoms in total. The Hall–Kier alpha value is -0.940. The topological polar surface area (TPSA) is 46.0 Å². The Labute approximate surface area is 115 Å². The molecule has 5 heteroatoms. The summed E-state index contributed by atoms with van der Waals surface area (Å²) < 4.78 is 2.08. The number of rotatable bonds is 4. The van der Waals surface area contributed by atoms with Gasteiger partial charge in [-0.15, -0.1) is 0 Å². The predicted molar refractivity (Wildman–Crippen MR) is 74.7 cm³/mol. The number of fused-ring (bicyclic) bond motifs is 1. The van der Waals surface area contributed by atoms with Crippen molar-refractivity contribution < 1.29 is 0 Å². The van der Waals surface area contributed by atoms with Crippen molar-refractivity contribution >= 4 is 0 Å². The van der Waals surface area contributed by atoms with Gasteiger partial charge < -0.3 is 5.32 Å². The van der Waals surface area contributed by atoms with Crippen molar-refractivity contribution in [3.63, 3.8) is 0 Å². The summed E-state index contributed by atoms with van der Waals surface area (Å²) in [4.78, 5) is 7.07. The lowest BCUT2D eigenvalue weighted by molar-refractivity contribution is 0.112. The fraction of sp³-hybridized carbons (Fsp3) is 0.857. The molecular weight excluding hydrogens is 238 g/mol. The van der Waals surface area contributed by atoms with Crippen LogP contribution in [0.15, 0.2) is 6.33 Å². The van der Waals surface area contributed by atoms with Gasteiger partial charge in [0.1, 0.15) is 12.2 Å². The minimum atomic E-state index is 0.614. The van der Waals surface area contributed by atoms with Crippen molar-refractivity contribution in [2.24, 2.45) is 11.8 Å². The summed E-state index contributed by atoms with van der Waals surface area (Å²) in [6.07, 6.45) is 4.40. The van der Waals surface area contributed by atoms with Gasteiger partial charge in [-0.2, -0.15) is 5.10 Å². The Morgan fingerprint density at radius 2 is 2.32 bits per heavy atom. The van der Waals surface area contributed by atoms with E-state index < -0.39 is 0 Å². The molecule has 0 bridgehead atoms. The van der Waals surface area contributed by atoms with Crippen LogP contribution in [-0.4, -0.2) is 45.3 Å². The Morgan fingerprint density at radius 3 is 3.16 bits per heavy atom. The molecule has 0 aliphatic carbocycles. The van der Waals surface area contributed by atoms with E-state index in [0.29, 0.717) is 12.0 Å². The van der Waals surface area contributed by atoms with Crippen molar-refractivity contribution in [2.45, 2.75) is 45.8 Å². The highest BCUT2D eigenvalue weighted by Gasteiger charge is 2.35. The van der Waals surface area contributed by atoms with E-state index in [1.807, 2.05) is 0 Å². The van der Waals surface area contributed by atoms with Crippen molar-refractivity contribution in [1.82, 2.24) is 25.0 Å². The highest BCUT2D eigenvalue weighted by atomic mass is 15.4. The molecule has 0 spiro atoms. The summed E-state index contributed by atoms with van der Waals surface area (Å²) in [5.74, 6) is 2.58. The summed E-state index contributed by atoms with van der Waals surface area (Å²) in [5, 5.41) is 7.91. The Bertz CT molecular complexity index is 414. The first-order valence-electron chi connectivity index (χ1n) is 7.55. The maximum Gasteiger partial charge on any atom is 0.141 e. The first-order chi connectivity index (χ1) is 9.24. The minimum absolute atomic E-state index is 0.614. The molecule has 2 atom stereocenters. The van der Waals surface area contributed by atoms with Gasteiger partial charge in [0.05, 0.1) is 6.54 Å². The maximum atomic E-state index is 4.47. The second-order valence-corrected chi connectivity index (χ2v) is 6.35. The van der Waals surface area contributed by atoms with Gasteiger partial charge in [-0.3, -0.25) is 4.90 Å². The zero-order chi connectivity index (χ0) is 13.2. The van der Waals surface area contributed by atoms with E-state index in [2.05, 4.69) is 38.8 Å². The van der Waals surface area contributed by atoms with Crippen LogP contribution in [0.1, 0.15) is 32.5 Å². The maximum absolute atomic E-state index is 4.47. The van der Waals surface area contributed by atoms with Gasteiger partial charge in [-0.25, -0.2) is 9.67 Å². The quantitative estimate of drug-likeness (QED) is 0.884. The molecule has 0 amide bonds. The number of hydrogen-bond acceptors (Lipinski definition) is 4. The molecule has 1 aromatic rings. The Kier molecular flexibility index (Phi) is 3.84. The van der Waals surface area contributed by atoms with Gasteiger partial charge in [-0.1, -0.05) is 13.8 Å². The van der Waals surface area contributed by atoms with E-state index in [0.717, 1.165) is 31.4 Å². The Balaban J connectivity index is 1.68. The normalized spacial score (nSPS) is 27.9. The first-order valence-corrected chi connectivity index (χ1v) is 7.55. The minimum Gasteiger partial charge on any atom is -0.315 e. The zero-order valence-electron chi connectivity index (χ0n) is 12.0. The first kappa shape index (κ1) is 13.1. The molecule has 106 valence electrons. The molecule has 19 heavy (non-hydrogen) atoms. The molecule has 2 aliphatic heterocycles. The number of nitrogens with one attached hydrogen (secondary N) is 1. The lowest BCUT2D eigenvalue weighted by Crippen LogP contribution is -2.44. The SMILES string of the molecule is CC(C)Cn1ncnc1CN1CCCC2CNCC21. The molecule has 3 rings (SSSR count). The predicted octanol–water partition coefficient (Wildman–Crippen LogP) is 1.12. The number of hydrogen-bond donors (Lipinski definition) is 1. The third-order valence-corrected chi connectivity index (χ3v) is 4.37. The largest absolute Gasteiger partial charge is 0.315 e. The fourth-order valence-corrected chi connectivity index (χ4v) is 3.45. The second kappa shape index (κ2) is 5.59. The second-order valence-electron chi connectivity index (χ2n) is 6.35. The van der Waals surface area contributed by atoms with Crippen LogP contribution < -0.4 is 5.32 Å². The number of piperidine rings is 1. The van der Waals surface area contributed by atoms with Crippen LogP contribution >= 0.6 is 0 Å². The molecule has 2 unspecified atom stereocenters. The summed E-state index contributed by atoms with van der Waals surface area (Å²) >= 11 is 0. The van der Waals surface area contributed by atoms with Gasteiger partial charge in [0, 0.05) is 19.1 Å². The van der Waals surface area contributed by atoms with Crippen LogP contribution in [0.5, 0.6) is 0 Å². The van der Waals surface area contributed by atoms with Gasteiger partial charge in [-0.05, 0) is 37.8 Å². The van der Waals surface area contributed by atoms with Gasteiger partial charge in [0.15, 0.2) is 0 Å². The highest BCUT2D eigenvalue weighted by Crippen LogP contribution is 2.27. The van der Waals surface area contributed by atoms with Crippen molar-refractivity contribution in [3.05, 3.63) is 12.2 Å². The third-order valence-electron chi connectivity index (χ3n) is 4.37. The van der Waals surface area contributed by atoms with E-state index in [-0.39, 0.29) is 0 Å². The van der Waals surface area contributed by atoms with E-state index >= 15 is 0 Å². The summed E-state index contributed by atoms with van der Waals surface area (Å²) in [5.41, 5.74) is 0. The molecule has 2 fully saturated rings. The monoisotopic (exact) mass is 263 g/mol. The molecule has 3 heterocycles. The smallest absolute Gasteiger partial charge is 0.141 e. The number of aromatic nitrogens is 3. The fourth-order valence-electron chi connectivity index (χ4n) is 3.45. The van der Waals surface area contributed by atoms with Gasteiger partial charge >= 0.3 is 0 Å². The third kappa shape index (κ3) is 2.82. The van der Waals surface area contributed by atoms with Crippen LogP contribution in [0.2, 0.25) is 0 Å². The lowest BCUT2D eigenvalue weighted by Gasteiger charge is -2.36. The summed E-state index contributed by atoms with van der Waals surface area (Å²) in [6, 6.07) is 0.706. The standard InChI is InChI=1S/C14H25N5/c1-11(2)8-19-14(16-10-17-19)9-18-5-3-4-12-6-15-7-13(12)18/h10-13,15H,3-9H2,1-2H3. The van der Waals surface area contributed by atoms with Gasteiger partial charge in [0.2, 0.25) is 0 Å². The highest BCUT2D eigenvalue weighted by molar-refractivity contribution is 4.95. The summed E-state index contributed by atoms with van der Waals surface area (Å²) in [6.45, 7) is 9.91. The van der Waals surface area contributed by atoms with E-state index in [4.69, 9.17) is 0 Å². The van der Waals surface area contributed by atoms with Gasteiger partial charge in [0.25, 0.3) is 0 Å². The molecule has 2 saturated heterocycles. The molecule has 1 N–H and O–H groups in total. The van der Waals surface area contributed by atoms with Crippen molar-refractivity contribution in [3.8, 4) is 0 Å². The van der Waals surface area contributed by atoms with Crippen LogP contribution in [-0.2, 0) is 13.1 Å². The average Bonchev–Trinajstić information content (AvgIpc) is 2.99. The van der Waals surface area contributed by atoms with Crippen molar-refractivity contribution in [2.75, 3.05) is 19.6 Å². The lowest BCUT2D eigenvalue weighted by atomic mass is 9.92. The molecule has 0 saturated carbocycles. The molecule has 1 aromatic heterocycles. The van der Waals surface area contributed by atoms with Crippen LogP contribution in [0.25, 0.3) is 0 Å². The zero-order valence-corrected chi connectivity index (χ0v) is 12.0. The van der Waals surface area contributed by atoms with Crippen molar-refractivity contribution in [1.29, 1.82) is 0 Å². The average molecular weight is 263 g/mol. The van der Waals surface area contributed by atoms with Crippen LogP contribution in [0.4, 0.5) is 0 Å². The van der Waals surface area contributed by atoms with E-state index in [1.165, 1.54) is 25.9 Å². The van der Waals surface area contributed by atoms with E-state index in [1.54, 1.807) is 6.33 Å². The Morgan fingerprint density at radius 1 is 1.42 bits per heavy atom. The van der Waals surface area contributed by atoms with E-state index in [9.17, 15) is 0 Å². The number of nitrogens with zero attached hydrogens (tertiary/aromatic N) is 4. The number of likely N-dealkylation sites (tertiary alicyclic amines) is 1. The molecule has 2 aliphatic rings. The molecular formula is C14H25N5. The van der Waals surface area contributed by atoms with Crippen LogP contribution in [0, 0.1) is 11.8 Å². The molecule has 0 radical (unpaired) electrons.